The molecule has 0 radical (unpaired) electrons. The third-order valence-electron chi connectivity index (χ3n) is 6.77. The summed E-state index contributed by atoms with van der Waals surface area (Å²) in [6.07, 6.45) is -2.41. The highest BCUT2D eigenvalue weighted by atomic mass is 35.5. The minimum absolute atomic E-state index is 0. The number of hydrogen-bond donors (Lipinski definition) is 2. The highest BCUT2D eigenvalue weighted by Gasteiger charge is 2.36. The van der Waals surface area contributed by atoms with E-state index in [1.54, 1.807) is 12.1 Å². The number of ether oxygens (including phenoxy) is 1. The minimum atomic E-state index is -4.73. The van der Waals surface area contributed by atoms with Gasteiger partial charge < -0.3 is 20.3 Å². The van der Waals surface area contributed by atoms with Gasteiger partial charge in [0.25, 0.3) is 0 Å². The molecule has 4 rings (SSSR count). The van der Waals surface area contributed by atoms with E-state index in [0.29, 0.717) is 26.2 Å². The summed E-state index contributed by atoms with van der Waals surface area (Å²) in [5, 5.41) is 7.57. The van der Waals surface area contributed by atoms with Gasteiger partial charge >= 0.3 is 12.4 Å². The Bertz CT molecular complexity index is 974. The first-order valence-electron chi connectivity index (χ1n) is 11.8. The van der Waals surface area contributed by atoms with Crippen molar-refractivity contribution in [1.82, 2.24) is 20.0 Å². The number of amides is 2. The van der Waals surface area contributed by atoms with Crippen molar-refractivity contribution < 1.29 is 22.7 Å². The van der Waals surface area contributed by atoms with Gasteiger partial charge in [-0.1, -0.05) is 26.0 Å². The lowest BCUT2D eigenvalue weighted by atomic mass is 9.83. The van der Waals surface area contributed by atoms with Gasteiger partial charge in [-0.3, -0.25) is 5.10 Å². The molecule has 2 saturated heterocycles. The molecule has 1 aromatic heterocycles. The van der Waals surface area contributed by atoms with Gasteiger partial charge in [-0.25, -0.2) is 4.79 Å². The normalized spacial score (nSPS) is 21.7. The van der Waals surface area contributed by atoms with Crippen molar-refractivity contribution in [3.63, 3.8) is 0 Å². The van der Waals surface area contributed by atoms with Gasteiger partial charge in [0.15, 0.2) is 0 Å². The van der Waals surface area contributed by atoms with Crippen LogP contribution in [0, 0.1) is 0 Å². The van der Waals surface area contributed by atoms with Gasteiger partial charge in [0.05, 0.1) is 5.69 Å². The summed E-state index contributed by atoms with van der Waals surface area (Å²) in [6, 6.07) is 8.15. The molecular formula is C24H33ClF3N5O2. The lowest BCUT2D eigenvalue weighted by Gasteiger charge is -2.41. The Balaban J connectivity index is 0.00000342. The van der Waals surface area contributed by atoms with Gasteiger partial charge in [0.1, 0.15) is 5.75 Å². The van der Waals surface area contributed by atoms with E-state index in [0.717, 1.165) is 36.2 Å². The van der Waals surface area contributed by atoms with E-state index in [9.17, 15) is 18.0 Å². The fourth-order valence-electron chi connectivity index (χ4n) is 4.81. The van der Waals surface area contributed by atoms with Crippen LogP contribution in [0.5, 0.6) is 5.75 Å². The first-order valence-corrected chi connectivity index (χ1v) is 11.8. The summed E-state index contributed by atoms with van der Waals surface area (Å²) < 4.78 is 41.7. The van der Waals surface area contributed by atoms with E-state index in [-0.39, 0.29) is 48.0 Å². The Morgan fingerprint density at radius 2 is 1.74 bits per heavy atom. The van der Waals surface area contributed by atoms with Gasteiger partial charge in [-0.15, -0.1) is 25.6 Å². The number of aromatic nitrogens is 2. The van der Waals surface area contributed by atoms with Crippen LogP contribution in [-0.2, 0) is 0 Å². The molecule has 0 saturated carbocycles. The molecule has 11 heteroatoms. The van der Waals surface area contributed by atoms with Crippen molar-refractivity contribution in [2.75, 3.05) is 26.2 Å². The number of aromatic amines is 1. The van der Waals surface area contributed by atoms with Crippen LogP contribution >= 0.6 is 12.4 Å². The molecule has 3 N–H and O–H groups in total. The molecule has 194 valence electrons. The van der Waals surface area contributed by atoms with Crippen LogP contribution in [0.3, 0.4) is 0 Å². The number of rotatable bonds is 4. The average Bonchev–Trinajstić information content (AvgIpc) is 3.29. The number of carbonyl (C=O) groups excluding carboxylic acids is 1. The zero-order valence-corrected chi connectivity index (χ0v) is 20.7. The lowest BCUT2D eigenvalue weighted by molar-refractivity contribution is -0.274. The molecule has 2 unspecified atom stereocenters. The molecule has 0 aliphatic carbocycles. The SMILES string of the molecule is CC(C)c1cc(C2CC(c3ccc(OC(F)(F)F)cc3)CN(C(=O)N3CCC(N)CC3)C2)[nH]n1.Cl. The number of carbonyl (C=O) groups is 1. The topological polar surface area (TPSA) is 87.5 Å². The standard InChI is InChI=1S/C24H32F3N5O2.ClH/c1-15(2)21-12-22(30-29-21)18-11-17(16-3-5-20(6-4-16)34-24(25,26)27)13-32(14-18)23(33)31-9-7-19(28)8-10-31;/h3-6,12,15,17-19H,7-11,13-14,28H2,1-2H3,(H,29,30);1H. The molecule has 1 aromatic carbocycles. The highest BCUT2D eigenvalue weighted by Crippen LogP contribution is 2.37. The maximum absolute atomic E-state index is 13.4. The molecule has 2 aliphatic rings. The molecule has 2 aromatic rings. The van der Waals surface area contributed by atoms with Crippen molar-refractivity contribution in [3.8, 4) is 5.75 Å². The fourth-order valence-corrected chi connectivity index (χ4v) is 4.81. The molecule has 3 heterocycles. The molecule has 35 heavy (non-hydrogen) atoms. The maximum atomic E-state index is 13.4. The lowest BCUT2D eigenvalue weighted by Crippen LogP contribution is -2.52. The van der Waals surface area contributed by atoms with Crippen LogP contribution in [0.1, 0.15) is 67.8 Å². The predicted molar refractivity (Wildman–Crippen MR) is 129 cm³/mol. The summed E-state index contributed by atoms with van der Waals surface area (Å²) in [5.41, 5.74) is 8.82. The number of nitrogens with two attached hydrogens (primary N) is 1. The van der Waals surface area contributed by atoms with Crippen LogP contribution in [-0.4, -0.2) is 64.6 Å². The number of halogens is 4. The summed E-state index contributed by atoms with van der Waals surface area (Å²) in [6.45, 7) is 6.49. The van der Waals surface area contributed by atoms with E-state index in [4.69, 9.17) is 5.73 Å². The number of urea groups is 1. The Labute approximate surface area is 209 Å². The number of hydrogen-bond acceptors (Lipinski definition) is 4. The van der Waals surface area contributed by atoms with Crippen LogP contribution < -0.4 is 10.5 Å². The minimum Gasteiger partial charge on any atom is -0.406 e. The summed E-state index contributed by atoms with van der Waals surface area (Å²) in [7, 11) is 0. The van der Waals surface area contributed by atoms with Crippen molar-refractivity contribution in [2.45, 2.75) is 63.3 Å². The molecule has 2 amide bonds. The van der Waals surface area contributed by atoms with Crippen molar-refractivity contribution in [2.24, 2.45) is 5.73 Å². The highest BCUT2D eigenvalue weighted by molar-refractivity contribution is 5.85. The second-order valence-corrected chi connectivity index (χ2v) is 9.66. The number of nitrogens with one attached hydrogen (secondary N) is 1. The van der Waals surface area contributed by atoms with Gasteiger partial charge in [-0.2, -0.15) is 5.10 Å². The van der Waals surface area contributed by atoms with Gasteiger partial charge in [0.2, 0.25) is 0 Å². The molecule has 0 spiro atoms. The molecule has 2 aliphatic heterocycles. The maximum Gasteiger partial charge on any atom is 0.573 e. The summed E-state index contributed by atoms with van der Waals surface area (Å²) in [4.78, 5) is 17.1. The zero-order valence-electron chi connectivity index (χ0n) is 19.9. The number of nitrogens with zero attached hydrogens (tertiary/aromatic N) is 3. The monoisotopic (exact) mass is 515 g/mol. The third kappa shape index (κ3) is 6.82. The number of piperidine rings is 2. The summed E-state index contributed by atoms with van der Waals surface area (Å²) >= 11 is 0. The Kier molecular flexibility index (Phi) is 8.58. The van der Waals surface area contributed by atoms with E-state index < -0.39 is 6.36 Å². The van der Waals surface area contributed by atoms with Crippen molar-refractivity contribution >= 4 is 18.4 Å². The van der Waals surface area contributed by atoms with Crippen LogP contribution in [0.15, 0.2) is 30.3 Å². The number of benzene rings is 1. The van der Waals surface area contributed by atoms with E-state index in [1.165, 1.54) is 12.1 Å². The first-order chi connectivity index (χ1) is 16.1. The van der Waals surface area contributed by atoms with Crippen molar-refractivity contribution in [1.29, 1.82) is 0 Å². The largest absolute Gasteiger partial charge is 0.573 e. The fraction of sp³-hybridized carbons (Fsp3) is 0.583. The second kappa shape index (κ2) is 11.1. The third-order valence-corrected chi connectivity index (χ3v) is 6.77. The Morgan fingerprint density at radius 3 is 2.31 bits per heavy atom. The Morgan fingerprint density at radius 1 is 1.11 bits per heavy atom. The molecular weight excluding hydrogens is 483 g/mol. The zero-order chi connectivity index (χ0) is 24.5. The summed E-state index contributed by atoms with van der Waals surface area (Å²) in [5.74, 6) is 0.0403. The molecule has 2 atom stereocenters. The van der Waals surface area contributed by atoms with E-state index in [1.807, 2.05) is 9.80 Å². The number of H-pyrrole nitrogens is 1. The quantitative estimate of drug-likeness (QED) is 0.602. The first kappa shape index (κ1) is 27.1. The smallest absolute Gasteiger partial charge is 0.406 e. The van der Waals surface area contributed by atoms with E-state index in [2.05, 4.69) is 34.8 Å². The van der Waals surface area contributed by atoms with Gasteiger partial charge in [0, 0.05) is 49.8 Å². The molecule has 2 fully saturated rings. The van der Waals surface area contributed by atoms with Crippen LogP contribution in [0.25, 0.3) is 0 Å². The van der Waals surface area contributed by atoms with E-state index >= 15 is 0 Å². The molecule has 7 nitrogen and oxygen atoms in total. The average molecular weight is 516 g/mol. The number of alkyl halides is 3. The van der Waals surface area contributed by atoms with Crippen molar-refractivity contribution in [3.05, 3.63) is 47.3 Å². The predicted octanol–water partition coefficient (Wildman–Crippen LogP) is 4.97. The number of likely N-dealkylation sites (tertiary alicyclic amines) is 2. The molecule has 0 bridgehead atoms. The van der Waals surface area contributed by atoms with Crippen LogP contribution in [0.2, 0.25) is 0 Å². The Hall–Kier alpha value is -2.46. The van der Waals surface area contributed by atoms with Crippen LogP contribution in [0.4, 0.5) is 18.0 Å². The van der Waals surface area contributed by atoms with Gasteiger partial charge in [-0.05, 0) is 48.9 Å². The second-order valence-electron chi connectivity index (χ2n) is 9.66.